The lowest BCUT2D eigenvalue weighted by Crippen LogP contribution is -1.96. The van der Waals surface area contributed by atoms with Gasteiger partial charge in [-0.3, -0.25) is 0 Å². The lowest BCUT2D eigenvalue weighted by Gasteiger charge is -2.23. The van der Waals surface area contributed by atoms with Gasteiger partial charge < -0.3 is 0 Å². The van der Waals surface area contributed by atoms with E-state index in [1.54, 1.807) is 0 Å². The second-order valence-electron chi connectivity index (χ2n) is 15.2. The first-order chi connectivity index (χ1) is 26.8. The molecule has 13 rings (SSSR count). The predicted molar refractivity (Wildman–Crippen MR) is 233 cm³/mol. The second-order valence-corrected chi connectivity index (χ2v) is 15.2. The van der Waals surface area contributed by atoms with Crippen molar-refractivity contribution in [1.29, 1.82) is 0 Å². The van der Waals surface area contributed by atoms with E-state index < -0.39 is 0 Å². The van der Waals surface area contributed by atoms with Gasteiger partial charge in [0, 0.05) is 0 Å². The van der Waals surface area contributed by atoms with Crippen molar-refractivity contribution in [2.75, 3.05) is 0 Å². The van der Waals surface area contributed by atoms with Gasteiger partial charge in [-0.1, -0.05) is 152 Å². The van der Waals surface area contributed by atoms with E-state index in [-0.39, 0.29) is 0 Å². The lowest BCUT2D eigenvalue weighted by atomic mass is 9.79. The van der Waals surface area contributed by atoms with Gasteiger partial charge in [0.25, 0.3) is 0 Å². The zero-order chi connectivity index (χ0) is 35.1. The van der Waals surface area contributed by atoms with Gasteiger partial charge in [-0.25, -0.2) is 0 Å². The third-order valence-electron chi connectivity index (χ3n) is 12.4. The van der Waals surface area contributed by atoms with Crippen LogP contribution in [0.5, 0.6) is 0 Å². The normalized spacial score (nSPS) is 12.4. The fourth-order valence-electron chi connectivity index (χ4n) is 10.2. The Labute approximate surface area is 311 Å². The third-order valence-corrected chi connectivity index (χ3v) is 12.4. The van der Waals surface area contributed by atoms with Crippen LogP contribution in [0.4, 0.5) is 0 Å². The summed E-state index contributed by atoms with van der Waals surface area (Å²) in [6.45, 7) is 0. The van der Waals surface area contributed by atoms with Crippen LogP contribution in [-0.4, -0.2) is 0 Å². The standard InChI is InChI=1S/C54H30/c1-2-11-34-26-39(25-22-31(34)10-1)50-45-27-35-12-3-4-13-36(35)28-46(45)52(44-30-38-17-7-15-32-23-24-33-16-8-19-42(44)49(33)48(32)38)54-47-29-37-14-5-6-18-40(37)41-20-9-21-43(51(41)47)53(50)54/h1-30H. The second kappa shape index (κ2) is 10.3. The molecule has 0 atom stereocenters. The lowest BCUT2D eigenvalue weighted by molar-refractivity contribution is 1.67. The van der Waals surface area contributed by atoms with Crippen LogP contribution in [0, 0.1) is 0 Å². The van der Waals surface area contributed by atoms with Crippen molar-refractivity contribution >= 4 is 86.2 Å². The highest BCUT2D eigenvalue weighted by molar-refractivity contribution is 6.34. The van der Waals surface area contributed by atoms with Gasteiger partial charge in [-0.15, -0.1) is 0 Å². The Morgan fingerprint density at radius 2 is 0.741 bits per heavy atom. The predicted octanol–water partition coefficient (Wildman–Crippen LogP) is 15.3. The number of fused-ring (bicyclic) bond motifs is 8. The average Bonchev–Trinajstić information content (AvgIpc) is 3.55. The zero-order valence-electron chi connectivity index (χ0n) is 29.3. The maximum absolute atomic E-state index is 2.49. The Bertz CT molecular complexity index is 3600. The number of hydrogen-bond acceptors (Lipinski definition) is 0. The Morgan fingerprint density at radius 3 is 1.56 bits per heavy atom. The maximum atomic E-state index is 2.49. The molecule has 54 heavy (non-hydrogen) atoms. The fraction of sp³-hybridized carbons (Fsp3) is 0. The van der Waals surface area contributed by atoms with Crippen LogP contribution < -0.4 is 0 Å². The van der Waals surface area contributed by atoms with E-state index in [1.807, 2.05) is 0 Å². The highest BCUT2D eigenvalue weighted by Gasteiger charge is 2.32. The van der Waals surface area contributed by atoms with Crippen molar-refractivity contribution in [2.24, 2.45) is 0 Å². The van der Waals surface area contributed by atoms with Crippen molar-refractivity contribution in [1.82, 2.24) is 0 Å². The summed E-state index contributed by atoms with van der Waals surface area (Å²) in [5.74, 6) is 0. The van der Waals surface area contributed by atoms with Gasteiger partial charge in [0.1, 0.15) is 0 Å². The minimum absolute atomic E-state index is 1.25. The molecule has 0 fully saturated rings. The van der Waals surface area contributed by atoms with Crippen molar-refractivity contribution in [2.45, 2.75) is 0 Å². The highest BCUT2D eigenvalue weighted by Crippen LogP contribution is 2.60. The van der Waals surface area contributed by atoms with Crippen LogP contribution in [0.1, 0.15) is 0 Å². The molecule has 0 spiro atoms. The van der Waals surface area contributed by atoms with Gasteiger partial charge in [0.15, 0.2) is 0 Å². The molecule has 12 aromatic carbocycles. The average molecular weight is 679 g/mol. The van der Waals surface area contributed by atoms with Crippen molar-refractivity contribution < 1.29 is 0 Å². The molecule has 0 nitrogen and oxygen atoms in total. The van der Waals surface area contributed by atoms with Crippen LogP contribution >= 0.6 is 0 Å². The minimum Gasteiger partial charge on any atom is -0.0616 e. The van der Waals surface area contributed by atoms with E-state index >= 15 is 0 Å². The summed E-state index contributed by atoms with van der Waals surface area (Å²) in [5, 5.41) is 20.7. The topological polar surface area (TPSA) is 0 Å². The first kappa shape index (κ1) is 28.6. The molecule has 0 bridgehead atoms. The van der Waals surface area contributed by atoms with Gasteiger partial charge >= 0.3 is 0 Å². The Balaban J connectivity index is 1.31. The van der Waals surface area contributed by atoms with E-state index in [1.165, 1.54) is 131 Å². The van der Waals surface area contributed by atoms with Crippen molar-refractivity contribution in [3.05, 3.63) is 182 Å². The molecule has 246 valence electrons. The molecule has 0 amide bonds. The van der Waals surface area contributed by atoms with Gasteiger partial charge in [-0.05, 0) is 161 Å². The molecule has 1 aliphatic rings. The third kappa shape index (κ3) is 3.67. The SMILES string of the molecule is c1ccc2cc(-c3c4c(c(-c5cc6cccc7ccc8cccc5c8c76)c5cc6ccccc6cc35)-c3cc5ccccc5c5cccc-4c35)ccc2c1. The summed E-state index contributed by atoms with van der Waals surface area (Å²) in [6, 6.07) is 68.8. The summed E-state index contributed by atoms with van der Waals surface area (Å²) in [5.41, 5.74) is 10.5. The molecule has 12 aromatic rings. The molecule has 0 unspecified atom stereocenters. The first-order valence-corrected chi connectivity index (χ1v) is 18.9. The van der Waals surface area contributed by atoms with E-state index in [0.29, 0.717) is 0 Å². The quantitative estimate of drug-likeness (QED) is 0.126. The number of rotatable bonds is 2. The Kier molecular flexibility index (Phi) is 5.45. The van der Waals surface area contributed by atoms with E-state index in [0.717, 1.165) is 0 Å². The highest BCUT2D eigenvalue weighted by atomic mass is 14.3. The molecule has 0 N–H and O–H groups in total. The molecular formula is C54H30. The van der Waals surface area contributed by atoms with Crippen LogP contribution in [0.2, 0.25) is 0 Å². The number of benzene rings is 12. The van der Waals surface area contributed by atoms with E-state index in [9.17, 15) is 0 Å². The van der Waals surface area contributed by atoms with E-state index in [2.05, 4.69) is 182 Å². The van der Waals surface area contributed by atoms with Crippen LogP contribution in [0.3, 0.4) is 0 Å². The molecule has 0 heterocycles. The molecular weight excluding hydrogens is 649 g/mol. The maximum Gasteiger partial charge on any atom is -0.000696 e. The van der Waals surface area contributed by atoms with Crippen LogP contribution in [-0.2, 0) is 0 Å². The van der Waals surface area contributed by atoms with Gasteiger partial charge in [0.2, 0.25) is 0 Å². The molecule has 0 radical (unpaired) electrons. The molecule has 0 saturated heterocycles. The molecule has 1 aliphatic carbocycles. The van der Waals surface area contributed by atoms with Crippen LogP contribution in [0.15, 0.2) is 182 Å². The summed E-state index contributed by atoms with van der Waals surface area (Å²) >= 11 is 0. The smallest absolute Gasteiger partial charge is 0.000696 e. The zero-order valence-corrected chi connectivity index (χ0v) is 29.3. The Morgan fingerprint density at radius 1 is 0.204 bits per heavy atom. The van der Waals surface area contributed by atoms with Gasteiger partial charge in [-0.2, -0.15) is 0 Å². The molecule has 0 aromatic heterocycles. The Hall–Kier alpha value is -7.02. The summed E-state index contributed by atoms with van der Waals surface area (Å²) in [6.07, 6.45) is 0. The number of hydrogen-bond donors (Lipinski definition) is 0. The van der Waals surface area contributed by atoms with E-state index in [4.69, 9.17) is 0 Å². The molecule has 0 saturated carbocycles. The summed E-state index contributed by atoms with van der Waals surface area (Å²) in [7, 11) is 0. The molecule has 0 heteroatoms. The van der Waals surface area contributed by atoms with Crippen molar-refractivity contribution in [3.63, 3.8) is 0 Å². The summed E-state index contributed by atoms with van der Waals surface area (Å²) in [4.78, 5) is 0. The fourth-order valence-corrected chi connectivity index (χ4v) is 10.2. The van der Waals surface area contributed by atoms with Crippen LogP contribution in [0.25, 0.3) is 131 Å². The largest absolute Gasteiger partial charge is 0.0616 e. The monoisotopic (exact) mass is 678 g/mol. The van der Waals surface area contributed by atoms with Gasteiger partial charge in [0.05, 0.1) is 0 Å². The summed E-state index contributed by atoms with van der Waals surface area (Å²) < 4.78 is 0. The minimum atomic E-state index is 1.25. The first-order valence-electron chi connectivity index (χ1n) is 18.9. The molecule has 0 aliphatic heterocycles. The van der Waals surface area contributed by atoms with Crippen molar-refractivity contribution in [3.8, 4) is 44.5 Å².